The number of benzene rings is 1. The summed E-state index contributed by atoms with van der Waals surface area (Å²) in [5, 5.41) is 3.60. The van der Waals surface area contributed by atoms with Gasteiger partial charge < -0.3 is 10.1 Å². The van der Waals surface area contributed by atoms with Gasteiger partial charge in [-0.15, -0.1) is 0 Å². The lowest BCUT2D eigenvalue weighted by Crippen LogP contribution is -2.39. The Hall–Kier alpha value is -1.02. The topological polar surface area (TPSA) is 21.3 Å². The molecule has 0 fully saturated rings. The minimum absolute atomic E-state index is 0.159. The molecule has 1 rings (SSSR count). The summed E-state index contributed by atoms with van der Waals surface area (Å²) in [4.78, 5) is 0. The molecule has 0 spiro atoms. The first-order valence-electron chi connectivity index (χ1n) is 6.72. The summed E-state index contributed by atoms with van der Waals surface area (Å²) in [7, 11) is 1.72. The molecule has 0 aliphatic carbocycles. The second-order valence-electron chi connectivity index (χ2n) is 6.26. The lowest BCUT2D eigenvalue weighted by atomic mass is 9.87. The van der Waals surface area contributed by atoms with Crippen LogP contribution >= 0.6 is 0 Å². The molecule has 2 nitrogen and oxygen atoms in total. The molecule has 1 N–H and O–H groups in total. The second-order valence-corrected chi connectivity index (χ2v) is 6.26. The first-order valence-corrected chi connectivity index (χ1v) is 6.72. The zero-order valence-electron chi connectivity index (χ0n) is 12.6. The normalized spacial score (nSPS) is 13.7. The minimum atomic E-state index is 0.159. The van der Waals surface area contributed by atoms with Gasteiger partial charge in [0.2, 0.25) is 0 Å². The van der Waals surface area contributed by atoms with Gasteiger partial charge in [-0.2, -0.15) is 0 Å². The third-order valence-corrected chi connectivity index (χ3v) is 3.18. The molecular weight excluding hydrogens is 222 g/mol. The fourth-order valence-electron chi connectivity index (χ4n) is 2.03. The van der Waals surface area contributed by atoms with Crippen LogP contribution in [0.15, 0.2) is 24.3 Å². The number of ether oxygens (including phenoxy) is 1. The van der Waals surface area contributed by atoms with Crippen molar-refractivity contribution in [3.8, 4) is 5.75 Å². The molecule has 0 radical (unpaired) electrons. The van der Waals surface area contributed by atoms with Crippen LogP contribution in [0.5, 0.6) is 5.75 Å². The highest BCUT2D eigenvalue weighted by atomic mass is 16.5. The van der Waals surface area contributed by atoms with Gasteiger partial charge in [-0.3, -0.25) is 0 Å². The highest BCUT2D eigenvalue weighted by Crippen LogP contribution is 2.27. The van der Waals surface area contributed by atoms with E-state index in [0.29, 0.717) is 11.8 Å². The number of hydrogen-bond donors (Lipinski definition) is 1. The highest BCUT2D eigenvalue weighted by molar-refractivity contribution is 5.31. The summed E-state index contributed by atoms with van der Waals surface area (Å²) in [6.45, 7) is 12.2. The molecule has 0 heterocycles. The predicted molar refractivity (Wildman–Crippen MR) is 78.3 cm³/mol. The Kier molecular flexibility index (Phi) is 5.21. The molecule has 0 saturated heterocycles. The van der Waals surface area contributed by atoms with E-state index in [1.807, 2.05) is 6.07 Å². The maximum absolute atomic E-state index is 5.31. The number of nitrogens with one attached hydrogen (secondary N) is 1. The zero-order chi connectivity index (χ0) is 13.8. The summed E-state index contributed by atoms with van der Waals surface area (Å²) in [5.74, 6) is 2.06. The molecule has 0 aromatic heterocycles. The molecule has 18 heavy (non-hydrogen) atoms. The van der Waals surface area contributed by atoms with Crippen LogP contribution in [0.25, 0.3) is 0 Å². The molecule has 102 valence electrons. The Bertz CT molecular complexity index is 366. The van der Waals surface area contributed by atoms with Gasteiger partial charge in [0.05, 0.1) is 7.11 Å². The van der Waals surface area contributed by atoms with Crippen LogP contribution in [0, 0.1) is 5.92 Å². The molecule has 1 unspecified atom stereocenters. The van der Waals surface area contributed by atoms with Gasteiger partial charge in [0.15, 0.2) is 0 Å². The largest absolute Gasteiger partial charge is 0.497 e. The summed E-state index contributed by atoms with van der Waals surface area (Å²) >= 11 is 0. The van der Waals surface area contributed by atoms with Crippen LogP contribution in [-0.2, 0) is 0 Å². The van der Waals surface area contributed by atoms with E-state index in [9.17, 15) is 0 Å². The average Bonchev–Trinajstić information content (AvgIpc) is 2.27. The third-order valence-electron chi connectivity index (χ3n) is 3.18. The van der Waals surface area contributed by atoms with Crippen molar-refractivity contribution < 1.29 is 4.74 Å². The number of methoxy groups -OCH3 is 1. The van der Waals surface area contributed by atoms with Gasteiger partial charge in [-0.05, 0) is 50.3 Å². The van der Waals surface area contributed by atoms with Crippen molar-refractivity contribution in [3.63, 3.8) is 0 Å². The molecule has 0 bridgehead atoms. The average molecular weight is 249 g/mol. The first kappa shape index (κ1) is 15.0. The van der Waals surface area contributed by atoms with Crippen LogP contribution < -0.4 is 10.1 Å². The van der Waals surface area contributed by atoms with Crippen molar-refractivity contribution in [2.45, 2.75) is 46.1 Å². The van der Waals surface area contributed by atoms with Crippen LogP contribution in [0.2, 0.25) is 0 Å². The molecular formula is C16H27NO. The smallest absolute Gasteiger partial charge is 0.119 e. The van der Waals surface area contributed by atoms with Gasteiger partial charge >= 0.3 is 0 Å². The predicted octanol–water partition coefficient (Wildman–Crippen LogP) is 3.82. The van der Waals surface area contributed by atoms with E-state index in [4.69, 9.17) is 4.74 Å². The molecule has 0 aliphatic heterocycles. The van der Waals surface area contributed by atoms with Crippen LogP contribution in [-0.4, -0.2) is 19.2 Å². The summed E-state index contributed by atoms with van der Waals surface area (Å²) in [5.41, 5.74) is 1.51. The van der Waals surface area contributed by atoms with E-state index in [2.05, 4.69) is 58.1 Å². The Labute approximate surface area is 112 Å². The van der Waals surface area contributed by atoms with Gasteiger partial charge in [0.25, 0.3) is 0 Å². The Balaban J connectivity index is 2.83. The van der Waals surface area contributed by atoms with Gasteiger partial charge in [-0.1, -0.05) is 26.0 Å². The maximum Gasteiger partial charge on any atom is 0.119 e. The standard InChI is InChI=1S/C16H27NO/c1-12(2)15(11-17-16(3,4)5)13-8-7-9-14(10-13)18-6/h7-10,12,15,17H,11H2,1-6H3. The summed E-state index contributed by atoms with van der Waals surface area (Å²) in [6.07, 6.45) is 0. The Morgan fingerprint density at radius 2 is 1.89 bits per heavy atom. The lowest BCUT2D eigenvalue weighted by molar-refractivity contribution is 0.370. The molecule has 1 aromatic carbocycles. The molecule has 0 aliphatic rings. The van der Waals surface area contributed by atoms with Crippen molar-refractivity contribution >= 4 is 0 Å². The SMILES string of the molecule is COc1cccc(C(CNC(C)(C)C)C(C)C)c1. The van der Waals surface area contributed by atoms with Crippen molar-refractivity contribution in [1.29, 1.82) is 0 Å². The molecule has 0 saturated carbocycles. The second kappa shape index (κ2) is 6.24. The molecule has 1 atom stereocenters. The molecule has 1 aromatic rings. The molecule has 2 heteroatoms. The van der Waals surface area contributed by atoms with E-state index in [1.54, 1.807) is 7.11 Å². The minimum Gasteiger partial charge on any atom is -0.497 e. The van der Waals surface area contributed by atoms with Crippen LogP contribution in [0.1, 0.15) is 46.1 Å². The molecule has 0 amide bonds. The fraction of sp³-hybridized carbons (Fsp3) is 0.625. The van der Waals surface area contributed by atoms with E-state index in [-0.39, 0.29) is 5.54 Å². The third kappa shape index (κ3) is 4.69. The van der Waals surface area contributed by atoms with Gasteiger partial charge in [0, 0.05) is 12.1 Å². The summed E-state index contributed by atoms with van der Waals surface area (Å²) < 4.78 is 5.31. The van der Waals surface area contributed by atoms with Crippen LogP contribution in [0.4, 0.5) is 0 Å². The highest BCUT2D eigenvalue weighted by Gasteiger charge is 2.19. The van der Waals surface area contributed by atoms with Crippen molar-refractivity contribution in [3.05, 3.63) is 29.8 Å². The van der Waals surface area contributed by atoms with Crippen molar-refractivity contribution in [2.75, 3.05) is 13.7 Å². The van der Waals surface area contributed by atoms with E-state index < -0.39 is 0 Å². The summed E-state index contributed by atoms with van der Waals surface area (Å²) in [6, 6.07) is 8.41. The first-order chi connectivity index (χ1) is 8.33. The van der Waals surface area contributed by atoms with Crippen molar-refractivity contribution in [1.82, 2.24) is 5.32 Å². The monoisotopic (exact) mass is 249 g/mol. The van der Waals surface area contributed by atoms with Crippen molar-refractivity contribution in [2.24, 2.45) is 5.92 Å². The zero-order valence-corrected chi connectivity index (χ0v) is 12.6. The van der Waals surface area contributed by atoms with E-state index in [0.717, 1.165) is 12.3 Å². The number of rotatable bonds is 5. The quantitative estimate of drug-likeness (QED) is 0.856. The van der Waals surface area contributed by atoms with Gasteiger partial charge in [0.1, 0.15) is 5.75 Å². The van der Waals surface area contributed by atoms with E-state index in [1.165, 1.54) is 5.56 Å². The van der Waals surface area contributed by atoms with E-state index >= 15 is 0 Å². The Morgan fingerprint density at radius 1 is 1.22 bits per heavy atom. The van der Waals surface area contributed by atoms with Crippen LogP contribution in [0.3, 0.4) is 0 Å². The Morgan fingerprint density at radius 3 is 2.39 bits per heavy atom. The van der Waals surface area contributed by atoms with Gasteiger partial charge in [-0.25, -0.2) is 0 Å². The maximum atomic E-state index is 5.31. The number of hydrogen-bond acceptors (Lipinski definition) is 2. The lowest BCUT2D eigenvalue weighted by Gasteiger charge is -2.28. The fourth-order valence-corrected chi connectivity index (χ4v) is 2.03.